The summed E-state index contributed by atoms with van der Waals surface area (Å²) in [6.45, 7) is 4.40. The van der Waals surface area contributed by atoms with E-state index in [1.54, 1.807) is 13.0 Å². The zero-order chi connectivity index (χ0) is 14.2. The van der Waals surface area contributed by atoms with Gasteiger partial charge in [-0.1, -0.05) is 6.07 Å². The quantitative estimate of drug-likeness (QED) is 0.915. The number of benzene rings is 1. The van der Waals surface area contributed by atoms with Crippen LogP contribution < -0.4 is 5.73 Å². The Balaban J connectivity index is 2.40. The van der Waals surface area contributed by atoms with Crippen LogP contribution in [0.1, 0.15) is 18.9 Å². The highest BCUT2D eigenvalue weighted by Gasteiger charge is 2.38. The Kier molecular flexibility index (Phi) is 3.94. The van der Waals surface area contributed by atoms with Gasteiger partial charge in [-0.2, -0.15) is 4.31 Å². The molecule has 106 valence electrons. The molecule has 19 heavy (non-hydrogen) atoms. The Bertz CT molecular complexity index is 574. The van der Waals surface area contributed by atoms with Crippen molar-refractivity contribution in [2.45, 2.75) is 31.2 Å². The monoisotopic (exact) mass is 286 g/mol. The molecule has 0 saturated carbocycles. The molecule has 6 heteroatoms. The van der Waals surface area contributed by atoms with E-state index in [2.05, 4.69) is 0 Å². The number of nitrogens with zero attached hydrogens (tertiary/aromatic N) is 1. The lowest BCUT2D eigenvalue weighted by Crippen LogP contribution is -2.35. The summed E-state index contributed by atoms with van der Waals surface area (Å²) in [5, 5.41) is 0. The van der Waals surface area contributed by atoms with E-state index in [-0.39, 0.29) is 16.9 Å². The predicted molar refractivity (Wildman–Crippen MR) is 71.7 cm³/mol. The Labute approximate surface area is 113 Å². The largest absolute Gasteiger partial charge is 0.330 e. The average Bonchev–Trinajstić information content (AvgIpc) is 2.74. The summed E-state index contributed by atoms with van der Waals surface area (Å²) >= 11 is 0. The first-order valence-corrected chi connectivity index (χ1v) is 7.78. The molecule has 1 aromatic rings. The van der Waals surface area contributed by atoms with Crippen molar-refractivity contribution in [1.29, 1.82) is 0 Å². The molecule has 2 rings (SSSR count). The Morgan fingerprint density at radius 2 is 2.16 bits per heavy atom. The number of nitrogens with two attached hydrogens (primary N) is 1. The third-order valence-electron chi connectivity index (χ3n) is 3.61. The van der Waals surface area contributed by atoms with Gasteiger partial charge in [0.1, 0.15) is 10.7 Å². The normalized spacial score (nSPS) is 24.8. The van der Waals surface area contributed by atoms with Crippen LogP contribution in [0.5, 0.6) is 0 Å². The second kappa shape index (κ2) is 5.19. The van der Waals surface area contributed by atoms with Gasteiger partial charge in [-0.15, -0.1) is 0 Å². The molecule has 2 N–H and O–H groups in total. The van der Waals surface area contributed by atoms with Crippen molar-refractivity contribution in [2.24, 2.45) is 11.7 Å². The molecule has 0 bridgehead atoms. The molecule has 1 heterocycles. The summed E-state index contributed by atoms with van der Waals surface area (Å²) in [7, 11) is -3.78. The molecule has 2 atom stereocenters. The average molecular weight is 286 g/mol. The molecular formula is C13H19FN2O2S. The summed E-state index contributed by atoms with van der Waals surface area (Å²) in [4.78, 5) is -0.239. The Hall–Kier alpha value is -0.980. The van der Waals surface area contributed by atoms with Crippen molar-refractivity contribution in [1.82, 2.24) is 4.31 Å². The second-order valence-electron chi connectivity index (χ2n) is 5.20. The zero-order valence-electron chi connectivity index (χ0n) is 11.1. The van der Waals surface area contributed by atoms with Crippen molar-refractivity contribution in [3.63, 3.8) is 0 Å². The maximum atomic E-state index is 13.8. The van der Waals surface area contributed by atoms with Gasteiger partial charge >= 0.3 is 0 Å². The van der Waals surface area contributed by atoms with Crippen LogP contribution in [0.25, 0.3) is 0 Å². The molecule has 0 spiro atoms. The van der Waals surface area contributed by atoms with Crippen molar-refractivity contribution >= 4 is 10.0 Å². The third kappa shape index (κ3) is 2.66. The van der Waals surface area contributed by atoms with Crippen LogP contribution in [0.2, 0.25) is 0 Å². The zero-order valence-corrected chi connectivity index (χ0v) is 12.0. The molecule has 0 amide bonds. The lowest BCUT2D eigenvalue weighted by Gasteiger charge is -2.21. The Morgan fingerprint density at radius 3 is 2.74 bits per heavy atom. The number of aryl methyl sites for hydroxylation is 1. The second-order valence-corrected chi connectivity index (χ2v) is 7.05. The van der Waals surface area contributed by atoms with Gasteiger partial charge in [-0.05, 0) is 50.4 Å². The fourth-order valence-corrected chi connectivity index (χ4v) is 4.42. The fourth-order valence-electron chi connectivity index (χ4n) is 2.55. The topological polar surface area (TPSA) is 63.4 Å². The number of hydrogen-bond donors (Lipinski definition) is 1. The van der Waals surface area contributed by atoms with Gasteiger partial charge in [-0.25, -0.2) is 12.8 Å². The van der Waals surface area contributed by atoms with Crippen molar-refractivity contribution in [2.75, 3.05) is 13.1 Å². The van der Waals surface area contributed by atoms with Crippen LogP contribution in [-0.4, -0.2) is 31.9 Å². The van der Waals surface area contributed by atoms with Gasteiger partial charge in [0.2, 0.25) is 10.0 Å². The molecule has 2 unspecified atom stereocenters. The molecule has 1 saturated heterocycles. The van der Waals surface area contributed by atoms with Gasteiger partial charge < -0.3 is 5.73 Å². The van der Waals surface area contributed by atoms with Crippen molar-refractivity contribution in [3.05, 3.63) is 29.6 Å². The minimum Gasteiger partial charge on any atom is -0.330 e. The van der Waals surface area contributed by atoms with Gasteiger partial charge in [0.25, 0.3) is 0 Å². The molecular weight excluding hydrogens is 267 g/mol. The molecule has 4 nitrogen and oxygen atoms in total. The standard InChI is InChI=1S/C13H19FN2O2S/c1-9-3-4-12(14)13(5-9)19(17,18)16-8-11(7-15)6-10(16)2/h3-5,10-11H,6-8,15H2,1-2H3. The van der Waals surface area contributed by atoms with Crippen LogP contribution in [0, 0.1) is 18.7 Å². The van der Waals surface area contributed by atoms with Gasteiger partial charge in [0.05, 0.1) is 0 Å². The van der Waals surface area contributed by atoms with Gasteiger partial charge in [0, 0.05) is 12.6 Å². The SMILES string of the molecule is Cc1ccc(F)c(S(=O)(=O)N2CC(CN)CC2C)c1. The predicted octanol–water partition coefficient (Wildman–Crippen LogP) is 1.49. The summed E-state index contributed by atoms with van der Waals surface area (Å²) in [5.41, 5.74) is 6.32. The van der Waals surface area contributed by atoms with Crippen LogP contribution in [0.15, 0.2) is 23.1 Å². The van der Waals surface area contributed by atoms with E-state index in [4.69, 9.17) is 5.73 Å². The number of hydrogen-bond acceptors (Lipinski definition) is 3. The van der Waals surface area contributed by atoms with E-state index >= 15 is 0 Å². The highest BCUT2D eigenvalue weighted by molar-refractivity contribution is 7.89. The van der Waals surface area contributed by atoms with E-state index in [9.17, 15) is 12.8 Å². The van der Waals surface area contributed by atoms with Gasteiger partial charge in [-0.3, -0.25) is 0 Å². The molecule has 0 radical (unpaired) electrons. The first-order valence-electron chi connectivity index (χ1n) is 6.34. The molecule has 1 aromatic carbocycles. The minimum absolute atomic E-state index is 0.140. The highest BCUT2D eigenvalue weighted by Crippen LogP contribution is 2.30. The van der Waals surface area contributed by atoms with Crippen LogP contribution in [-0.2, 0) is 10.0 Å². The Morgan fingerprint density at radius 1 is 1.47 bits per heavy atom. The summed E-state index contributed by atoms with van der Waals surface area (Å²) < 4.78 is 40.2. The fraction of sp³-hybridized carbons (Fsp3) is 0.538. The summed E-state index contributed by atoms with van der Waals surface area (Å²) in [6, 6.07) is 4.00. The maximum absolute atomic E-state index is 13.8. The van der Waals surface area contributed by atoms with E-state index in [1.807, 2.05) is 6.92 Å². The number of rotatable bonds is 3. The van der Waals surface area contributed by atoms with E-state index < -0.39 is 15.8 Å². The maximum Gasteiger partial charge on any atom is 0.246 e. The molecule has 1 aliphatic rings. The first-order chi connectivity index (χ1) is 8.86. The lowest BCUT2D eigenvalue weighted by atomic mass is 10.1. The molecule has 1 fully saturated rings. The molecule has 1 aliphatic heterocycles. The first kappa shape index (κ1) is 14.4. The number of sulfonamides is 1. The van der Waals surface area contributed by atoms with E-state index in [0.717, 1.165) is 12.0 Å². The lowest BCUT2D eigenvalue weighted by molar-refractivity contribution is 0.401. The van der Waals surface area contributed by atoms with Gasteiger partial charge in [0.15, 0.2) is 0 Å². The number of halogens is 1. The third-order valence-corrected chi connectivity index (χ3v) is 5.61. The van der Waals surface area contributed by atoms with E-state index in [1.165, 1.54) is 16.4 Å². The van der Waals surface area contributed by atoms with Crippen molar-refractivity contribution < 1.29 is 12.8 Å². The van der Waals surface area contributed by atoms with E-state index in [0.29, 0.717) is 13.1 Å². The summed E-state index contributed by atoms with van der Waals surface area (Å²) in [5.74, 6) is -0.549. The highest BCUT2D eigenvalue weighted by atomic mass is 32.2. The summed E-state index contributed by atoms with van der Waals surface area (Å²) in [6.07, 6.45) is 0.725. The van der Waals surface area contributed by atoms with Crippen molar-refractivity contribution in [3.8, 4) is 0 Å². The smallest absolute Gasteiger partial charge is 0.246 e. The molecule has 0 aromatic heterocycles. The molecule has 0 aliphatic carbocycles. The van der Waals surface area contributed by atoms with Crippen LogP contribution in [0.4, 0.5) is 4.39 Å². The van der Waals surface area contributed by atoms with Crippen LogP contribution >= 0.6 is 0 Å². The minimum atomic E-state index is -3.78. The van der Waals surface area contributed by atoms with Crippen LogP contribution in [0.3, 0.4) is 0 Å².